The summed E-state index contributed by atoms with van der Waals surface area (Å²) in [6.07, 6.45) is 0. The van der Waals surface area contributed by atoms with Crippen LogP contribution in [0.5, 0.6) is 11.5 Å². The molecule has 0 spiro atoms. The number of ether oxygens (including phenoxy) is 4. The predicted octanol–water partition coefficient (Wildman–Crippen LogP) is 3.75. The van der Waals surface area contributed by atoms with Crippen LogP contribution in [0.1, 0.15) is 47.5 Å². The van der Waals surface area contributed by atoms with Crippen molar-refractivity contribution in [3.63, 3.8) is 0 Å². The molecule has 5 rings (SSSR count). The van der Waals surface area contributed by atoms with Gasteiger partial charge in [-0.1, -0.05) is 29.2 Å². The minimum atomic E-state index is -0.813. The number of thiazole rings is 1. The van der Waals surface area contributed by atoms with E-state index in [0.717, 1.165) is 16.2 Å². The molecule has 1 fully saturated rings. The van der Waals surface area contributed by atoms with Crippen molar-refractivity contribution in [1.82, 2.24) is 4.98 Å². The average Bonchev–Trinajstić information content (AvgIpc) is 3.47. The molecule has 3 atom stereocenters. The molecule has 2 amide bonds. The van der Waals surface area contributed by atoms with Gasteiger partial charge in [0.05, 0.1) is 42.0 Å². The van der Waals surface area contributed by atoms with Gasteiger partial charge in [-0.25, -0.2) is 14.5 Å². The van der Waals surface area contributed by atoms with Crippen LogP contribution in [0.2, 0.25) is 0 Å². The van der Waals surface area contributed by atoms with Crippen LogP contribution in [0.4, 0.5) is 5.69 Å². The Hall–Kier alpha value is -4.10. The first-order valence-electron chi connectivity index (χ1n) is 13.4. The molecule has 11 nitrogen and oxygen atoms in total. The summed E-state index contributed by atoms with van der Waals surface area (Å²) < 4.78 is 21.4. The third-order valence-corrected chi connectivity index (χ3v) is 9.14. The molecule has 1 aromatic heterocycles. The van der Waals surface area contributed by atoms with Crippen molar-refractivity contribution in [2.24, 2.45) is 5.92 Å². The van der Waals surface area contributed by atoms with Crippen LogP contribution in [0, 0.1) is 5.92 Å². The Morgan fingerprint density at radius 3 is 2.31 bits per heavy atom. The SMILES string of the molecule is CCOC(=O)COc1ccc([C@H]2c3sc(=O)[nH]c3SC3C(=O)N(c4ccc(C(=O)OCC)cc4)C(=O)C32)cc1OCC. The van der Waals surface area contributed by atoms with Crippen molar-refractivity contribution < 1.29 is 38.1 Å². The van der Waals surface area contributed by atoms with Gasteiger partial charge in [0.1, 0.15) is 5.25 Å². The number of aromatic nitrogens is 1. The molecule has 1 N–H and O–H groups in total. The molecular weight excluding hydrogens is 584 g/mol. The first-order valence-corrected chi connectivity index (χ1v) is 15.1. The highest BCUT2D eigenvalue weighted by Gasteiger charge is 2.56. The fourth-order valence-electron chi connectivity index (χ4n) is 5.04. The number of carbonyl (C=O) groups excluding carboxylic acids is 4. The lowest BCUT2D eigenvalue weighted by molar-refractivity contribution is -0.145. The van der Waals surface area contributed by atoms with Gasteiger partial charge in [-0.05, 0) is 62.7 Å². The number of hydrogen-bond acceptors (Lipinski definition) is 11. The van der Waals surface area contributed by atoms with E-state index in [1.807, 2.05) is 0 Å². The number of fused-ring (bicyclic) bond motifs is 2. The number of rotatable bonds is 10. The standard InChI is InChI=1S/C29H28N2O9S2/c1-4-37-19-13-16(9-12-18(19)40-14-20(32)38-5-2)21-22-24(41-25-23(21)42-29(36)30-25)27(34)31(26(22)33)17-10-7-15(8-11-17)28(35)39-6-3/h7-13,21-22,24H,4-6,14H2,1-3H3,(H,30,36)/t21-,22?,24?/m1/s1. The zero-order valence-corrected chi connectivity index (χ0v) is 24.7. The summed E-state index contributed by atoms with van der Waals surface area (Å²) in [7, 11) is 0. The normalized spacial score (nSPS) is 19.2. The molecule has 0 saturated carbocycles. The molecule has 3 heterocycles. The number of benzene rings is 2. The van der Waals surface area contributed by atoms with Crippen molar-refractivity contribution in [3.05, 3.63) is 68.1 Å². The van der Waals surface area contributed by atoms with Crippen LogP contribution in [-0.4, -0.2) is 60.4 Å². The lowest BCUT2D eigenvalue weighted by Gasteiger charge is -2.30. The zero-order valence-electron chi connectivity index (χ0n) is 23.0. The third-order valence-electron chi connectivity index (χ3n) is 6.74. The number of esters is 2. The molecule has 2 aliphatic rings. The smallest absolute Gasteiger partial charge is 0.344 e. The van der Waals surface area contributed by atoms with E-state index in [9.17, 15) is 24.0 Å². The first kappa shape index (κ1) is 29.4. The van der Waals surface area contributed by atoms with Gasteiger partial charge in [-0.3, -0.25) is 14.4 Å². The number of H-pyrrole nitrogens is 1. The molecule has 0 aliphatic carbocycles. The van der Waals surface area contributed by atoms with Crippen LogP contribution >= 0.6 is 23.1 Å². The fourth-order valence-corrected chi connectivity index (χ4v) is 7.55. The number of amides is 2. The second kappa shape index (κ2) is 12.4. The predicted molar refractivity (Wildman–Crippen MR) is 155 cm³/mol. The molecule has 0 bridgehead atoms. The molecule has 2 aromatic carbocycles. The summed E-state index contributed by atoms with van der Waals surface area (Å²) in [5.41, 5.74) is 1.29. The van der Waals surface area contributed by atoms with Crippen LogP contribution < -0.4 is 19.2 Å². The molecule has 220 valence electrons. The van der Waals surface area contributed by atoms with E-state index in [1.165, 1.54) is 23.9 Å². The van der Waals surface area contributed by atoms with Gasteiger partial charge in [0.25, 0.3) is 0 Å². The lowest BCUT2D eigenvalue weighted by atomic mass is 9.83. The van der Waals surface area contributed by atoms with Gasteiger partial charge in [-0.15, -0.1) is 0 Å². The molecule has 1 saturated heterocycles. The quantitative estimate of drug-likeness (QED) is 0.266. The number of thioether (sulfide) groups is 1. The highest BCUT2D eigenvalue weighted by atomic mass is 32.2. The lowest BCUT2D eigenvalue weighted by Crippen LogP contribution is -2.32. The van der Waals surface area contributed by atoms with Crippen molar-refractivity contribution >= 4 is 52.5 Å². The fraction of sp³-hybridized carbons (Fsp3) is 0.345. The van der Waals surface area contributed by atoms with E-state index in [0.29, 0.717) is 44.8 Å². The van der Waals surface area contributed by atoms with Crippen LogP contribution in [0.3, 0.4) is 0 Å². The third kappa shape index (κ3) is 5.53. The van der Waals surface area contributed by atoms with Gasteiger partial charge in [0.2, 0.25) is 11.8 Å². The topological polar surface area (TPSA) is 141 Å². The maximum atomic E-state index is 14.0. The maximum absolute atomic E-state index is 14.0. The van der Waals surface area contributed by atoms with Gasteiger partial charge < -0.3 is 23.9 Å². The summed E-state index contributed by atoms with van der Waals surface area (Å²) >= 11 is 2.16. The van der Waals surface area contributed by atoms with Crippen molar-refractivity contribution in [2.75, 3.05) is 31.3 Å². The van der Waals surface area contributed by atoms with E-state index < -0.39 is 40.8 Å². The van der Waals surface area contributed by atoms with Gasteiger partial charge in [0, 0.05) is 10.8 Å². The van der Waals surface area contributed by atoms with Crippen LogP contribution in [0.15, 0.2) is 52.3 Å². The summed E-state index contributed by atoms with van der Waals surface area (Å²) in [4.78, 5) is 68.4. The summed E-state index contributed by atoms with van der Waals surface area (Å²) in [5.74, 6) is -2.64. The first-order chi connectivity index (χ1) is 20.3. The van der Waals surface area contributed by atoms with Gasteiger partial charge in [0.15, 0.2) is 18.1 Å². The molecule has 0 radical (unpaired) electrons. The molecule has 2 aliphatic heterocycles. The number of imide groups is 1. The van der Waals surface area contributed by atoms with E-state index in [-0.39, 0.29) is 24.7 Å². The van der Waals surface area contributed by atoms with Crippen molar-refractivity contribution in [1.29, 1.82) is 0 Å². The Morgan fingerprint density at radius 2 is 1.62 bits per heavy atom. The Balaban J connectivity index is 1.51. The monoisotopic (exact) mass is 612 g/mol. The van der Waals surface area contributed by atoms with Crippen molar-refractivity contribution in [2.45, 2.75) is 37.0 Å². The van der Waals surface area contributed by atoms with E-state index in [4.69, 9.17) is 18.9 Å². The highest BCUT2D eigenvalue weighted by Crippen LogP contribution is 2.53. The number of carbonyl (C=O) groups is 4. The number of nitrogens with one attached hydrogen (secondary N) is 1. The Morgan fingerprint density at radius 1 is 0.881 bits per heavy atom. The second-order valence-electron chi connectivity index (χ2n) is 9.26. The number of anilines is 1. The highest BCUT2D eigenvalue weighted by molar-refractivity contribution is 8.00. The molecule has 13 heteroatoms. The number of hydrogen-bond donors (Lipinski definition) is 1. The molecule has 42 heavy (non-hydrogen) atoms. The number of nitrogens with zero attached hydrogens (tertiary/aromatic N) is 1. The number of aromatic amines is 1. The van der Waals surface area contributed by atoms with E-state index >= 15 is 0 Å². The average molecular weight is 613 g/mol. The molecular formula is C29H28N2O9S2. The Kier molecular flexibility index (Phi) is 8.69. The van der Waals surface area contributed by atoms with Crippen LogP contribution in [-0.2, 0) is 23.9 Å². The Labute approximate surface area is 249 Å². The Bertz CT molecular complexity index is 1580. The van der Waals surface area contributed by atoms with Gasteiger partial charge in [-0.2, -0.15) is 0 Å². The molecule has 3 aromatic rings. The van der Waals surface area contributed by atoms with E-state index in [2.05, 4.69) is 4.98 Å². The van der Waals surface area contributed by atoms with Gasteiger partial charge >= 0.3 is 16.8 Å². The van der Waals surface area contributed by atoms with E-state index in [1.54, 1.807) is 51.1 Å². The second-order valence-corrected chi connectivity index (χ2v) is 11.4. The largest absolute Gasteiger partial charge is 0.490 e. The van der Waals surface area contributed by atoms with Crippen LogP contribution in [0.25, 0.3) is 0 Å². The minimum Gasteiger partial charge on any atom is -0.490 e. The minimum absolute atomic E-state index is 0.224. The summed E-state index contributed by atoms with van der Waals surface area (Å²) in [5, 5.41) is -0.252. The van der Waals surface area contributed by atoms with Crippen molar-refractivity contribution in [3.8, 4) is 11.5 Å². The summed E-state index contributed by atoms with van der Waals surface area (Å²) in [6.45, 7) is 5.66. The maximum Gasteiger partial charge on any atom is 0.344 e. The molecule has 2 unspecified atom stereocenters. The summed E-state index contributed by atoms with van der Waals surface area (Å²) in [6, 6.07) is 11.2. The zero-order chi connectivity index (χ0) is 30.0.